The molecule has 1 unspecified atom stereocenters. The van der Waals surface area contributed by atoms with Gasteiger partial charge in [-0.3, -0.25) is 9.55 Å². The molecule has 0 bridgehead atoms. The van der Waals surface area contributed by atoms with Gasteiger partial charge >= 0.3 is 6.03 Å². The number of amides is 2. The van der Waals surface area contributed by atoms with Crippen LogP contribution in [0, 0.1) is 6.92 Å². The van der Waals surface area contributed by atoms with Gasteiger partial charge < -0.3 is 10.2 Å². The van der Waals surface area contributed by atoms with Crippen molar-refractivity contribution in [3.63, 3.8) is 0 Å². The molecule has 2 amide bonds. The first kappa shape index (κ1) is 18.6. The van der Waals surface area contributed by atoms with Crippen LogP contribution in [0.25, 0.3) is 5.69 Å². The monoisotopic (exact) mass is 364 g/mol. The number of anilines is 1. The summed E-state index contributed by atoms with van der Waals surface area (Å²) in [7, 11) is 0. The topological polar surface area (TPSA) is 75.9 Å². The molecule has 3 rings (SSSR count). The molecule has 0 fully saturated rings. The lowest BCUT2D eigenvalue weighted by atomic mass is 10.1. The number of aryl methyl sites for hydroxylation is 1. The minimum atomic E-state index is -0.140. The average Bonchev–Trinajstić information content (AvgIpc) is 3.22. The lowest BCUT2D eigenvalue weighted by Gasteiger charge is -2.29. The van der Waals surface area contributed by atoms with E-state index in [1.807, 2.05) is 55.1 Å². The van der Waals surface area contributed by atoms with Crippen molar-refractivity contribution in [1.29, 1.82) is 0 Å². The molecule has 3 aromatic rings. The van der Waals surface area contributed by atoms with Crippen LogP contribution in [0.2, 0.25) is 0 Å². The van der Waals surface area contributed by atoms with Gasteiger partial charge in [-0.25, -0.2) is 4.79 Å². The molecule has 0 radical (unpaired) electrons. The molecular formula is C20H24N6O. The van der Waals surface area contributed by atoms with E-state index in [9.17, 15) is 4.79 Å². The highest BCUT2D eigenvalue weighted by atomic mass is 16.2. The number of hydrogen-bond donors (Lipinski definition) is 1. The summed E-state index contributed by atoms with van der Waals surface area (Å²) in [5.74, 6) is 0. The molecule has 0 aliphatic heterocycles. The second kappa shape index (κ2) is 8.44. The Kier molecular flexibility index (Phi) is 5.80. The second-order valence-corrected chi connectivity index (χ2v) is 6.50. The largest absolute Gasteiger partial charge is 0.322 e. The van der Waals surface area contributed by atoms with Crippen LogP contribution >= 0.6 is 0 Å². The third-order valence-corrected chi connectivity index (χ3v) is 4.62. The highest BCUT2D eigenvalue weighted by Crippen LogP contribution is 2.21. The van der Waals surface area contributed by atoms with Crippen molar-refractivity contribution >= 4 is 11.7 Å². The number of nitrogens with one attached hydrogen (secondary N) is 1. The first-order valence-corrected chi connectivity index (χ1v) is 9.01. The fourth-order valence-corrected chi connectivity index (χ4v) is 2.74. The molecule has 140 valence electrons. The van der Waals surface area contributed by atoms with E-state index in [2.05, 4.69) is 27.4 Å². The summed E-state index contributed by atoms with van der Waals surface area (Å²) in [6, 6.07) is 11.5. The summed E-state index contributed by atoms with van der Waals surface area (Å²) < 4.78 is 1.80. The quantitative estimate of drug-likeness (QED) is 0.722. The van der Waals surface area contributed by atoms with Crippen LogP contribution in [0.15, 0.2) is 55.2 Å². The van der Waals surface area contributed by atoms with Crippen LogP contribution < -0.4 is 5.32 Å². The van der Waals surface area contributed by atoms with E-state index in [-0.39, 0.29) is 12.1 Å². The summed E-state index contributed by atoms with van der Waals surface area (Å²) in [5, 5.41) is 10.7. The molecule has 1 atom stereocenters. The Morgan fingerprint density at radius 2 is 2.00 bits per heavy atom. The molecule has 0 aliphatic carbocycles. The second-order valence-electron chi connectivity index (χ2n) is 6.50. The molecule has 7 heteroatoms. The van der Waals surface area contributed by atoms with Crippen molar-refractivity contribution in [1.82, 2.24) is 24.6 Å². The minimum absolute atomic E-state index is 0.0911. The lowest BCUT2D eigenvalue weighted by molar-refractivity contribution is 0.186. The Morgan fingerprint density at radius 3 is 2.67 bits per heavy atom. The van der Waals surface area contributed by atoms with E-state index in [1.165, 1.54) is 0 Å². The summed E-state index contributed by atoms with van der Waals surface area (Å²) in [6.07, 6.45) is 5.86. The fourth-order valence-electron chi connectivity index (χ4n) is 2.74. The molecule has 0 saturated heterocycles. The molecule has 0 spiro atoms. The van der Waals surface area contributed by atoms with E-state index < -0.39 is 0 Å². The fraction of sp³-hybridized carbons (Fsp3) is 0.300. The number of carbonyl (C=O) groups is 1. The van der Waals surface area contributed by atoms with Crippen molar-refractivity contribution < 1.29 is 4.79 Å². The minimum Gasteiger partial charge on any atom is -0.316 e. The maximum Gasteiger partial charge on any atom is 0.322 e. The van der Waals surface area contributed by atoms with Crippen LogP contribution in [0.3, 0.4) is 0 Å². The van der Waals surface area contributed by atoms with Gasteiger partial charge in [0.15, 0.2) is 0 Å². The first-order chi connectivity index (χ1) is 13.1. The SMILES string of the molecule is CCC(C)N(Cc1ccccn1)C(=O)Nc1cc(-n2cnnc2)ccc1C. The Balaban J connectivity index is 1.82. The van der Waals surface area contributed by atoms with Crippen LogP contribution in [-0.4, -0.2) is 36.7 Å². The normalized spacial score (nSPS) is 11.8. The number of aromatic nitrogens is 4. The Bertz CT molecular complexity index is 879. The summed E-state index contributed by atoms with van der Waals surface area (Å²) in [5.41, 5.74) is 3.51. The molecule has 1 N–H and O–H groups in total. The number of carbonyl (C=O) groups excluding carboxylic acids is 1. The molecular weight excluding hydrogens is 340 g/mol. The first-order valence-electron chi connectivity index (χ1n) is 9.01. The van der Waals surface area contributed by atoms with Gasteiger partial charge in [0.2, 0.25) is 0 Å². The van der Waals surface area contributed by atoms with Gasteiger partial charge in [-0.05, 0) is 50.1 Å². The zero-order chi connectivity index (χ0) is 19.2. The van der Waals surface area contributed by atoms with E-state index in [4.69, 9.17) is 0 Å². The Morgan fingerprint density at radius 1 is 1.22 bits per heavy atom. The predicted molar refractivity (Wildman–Crippen MR) is 105 cm³/mol. The van der Waals surface area contributed by atoms with E-state index in [0.29, 0.717) is 6.54 Å². The summed E-state index contributed by atoms with van der Waals surface area (Å²) >= 11 is 0. The smallest absolute Gasteiger partial charge is 0.316 e. The van der Waals surface area contributed by atoms with E-state index >= 15 is 0 Å². The number of nitrogens with zero attached hydrogens (tertiary/aromatic N) is 5. The van der Waals surface area contributed by atoms with Crippen molar-refractivity contribution in [3.05, 3.63) is 66.5 Å². The van der Waals surface area contributed by atoms with Crippen molar-refractivity contribution in [2.24, 2.45) is 0 Å². The van der Waals surface area contributed by atoms with Gasteiger partial charge in [0.25, 0.3) is 0 Å². The number of urea groups is 1. The highest BCUT2D eigenvalue weighted by molar-refractivity contribution is 5.90. The highest BCUT2D eigenvalue weighted by Gasteiger charge is 2.20. The molecule has 27 heavy (non-hydrogen) atoms. The zero-order valence-electron chi connectivity index (χ0n) is 15.8. The molecule has 0 saturated carbocycles. The number of pyridine rings is 1. The van der Waals surface area contributed by atoms with Crippen LogP contribution in [0.5, 0.6) is 0 Å². The molecule has 0 aliphatic rings. The number of hydrogen-bond acceptors (Lipinski definition) is 4. The predicted octanol–water partition coefficient (Wildman–Crippen LogP) is 3.80. The van der Waals surface area contributed by atoms with Gasteiger partial charge in [-0.15, -0.1) is 10.2 Å². The summed E-state index contributed by atoms with van der Waals surface area (Å²) in [6.45, 7) is 6.55. The average molecular weight is 364 g/mol. The van der Waals surface area contributed by atoms with Crippen LogP contribution in [-0.2, 0) is 6.54 Å². The maximum atomic E-state index is 13.0. The lowest BCUT2D eigenvalue weighted by Crippen LogP contribution is -2.41. The van der Waals surface area contributed by atoms with Gasteiger partial charge in [0, 0.05) is 17.9 Å². The van der Waals surface area contributed by atoms with Gasteiger partial charge in [-0.2, -0.15) is 0 Å². The van der Waals surface area contributed by atoms with Crippen molar-refractivity contribution in [3.8, 4) is 5.69 Å². The van der Waals surface area contributed by atoms with E-state index in [0.717, 1.165) is 29.1 Å². The van der Waals surface area contributed by atoms with Gasteiger partial charge in [0.05, 0.1) is 17.9 Å². The number of benzene rings is 1. The Labute approximate surface area is 159 Å². The third-order valence-electron chi connectivity index (χ3n) is 4.62. The van der Waals surface area contributed by atoms with Gasteiger partial charge in [0.1, 0.15) is 12.7 Å². The maximum absolute atomic E-state index is 13.0. The van der Waals surface area contributed by atoms with Gasteiger partial charge in [-0.1, -0.05) is 19.1 Å². The van der Waals surface area contributed by atoms with Crippen molar-refractivity contribution in [2.75, 3.05) is 5.32 Å². The molecule has 7 nitrogen and oxygen atoms in total. The van der Waals surface area contributed by atoms with E-state index in [1.54, 1.807) is 23.4 Å². The summed E-state index contributed by atoms with van der Waals surface area (Å²) in [4.78, 5) is 19.2. The molecule has 1 aromatic carbocycles. The Hall–Kier alpha value is -3.22. The zero-order valence-corrected chi connectivity index (χ0v) is 15.8. The number of rotatable bonds is 6. The van der Waals surface area contributed by atoms with Crippen LogP contribution in [0.4, 0.5) is 10.5 Å². The molecule has 2 heterocycles. The standard InChI is InChI=1S/C20H24N6O/c1-4-16(3)26(12-17-7-5-6-10-21-17)20(27)24-19-11-18(9-8-15(19)2)25-13-22-23-14-25/h5-11,13-14,16H,4,12H2,1-3H3,(H,24,27). The third kappa shape index (κ3) is 4.49. The van der Waals surface area contributed by atoms with Crippen molar-refractivity contribution in [2.45, 2.75) is 39.8 Å². The molecule has 2 aromatic heterocycles. The van der Waals surface area contributed by atoms with Crippen LogP contribution in [0.1, 0.15) is 31.5 Å².